The Balaban J connectivity index is 2.34. The number of hydrogen-bond acceptors (Lipinski definition) is 2. The molecule has 1 N–H and O–H groups in total. The van der Waals surface area contributed by atoms with E-state index in [9.17, 15) is 4.79 Å². The number of carbonyl (C=O) groups is 1. The van der Waals surface area contributed by atoms with Crippen LogP contribution in [0.25, 0.3) is 6.08 Å². The van der Waals surface area contributed by atoms with E-state index >= 15 is 0 Å². The number of hydrogen-bond donors (Lipinski definition) is 1. The average Bonchev–Trinajstić information content (AvgIpc) is 2.34. The van der Waals surface area contributed by atoms with E-state index < -0.39 is 0 Å². The van der Waals surface area contributed by atoms with E-state index in [0.717, 1.165) is 11.1 Å². The maximum Gasteiger partial charge on any atom is 0.244 e. The summed E-state index contributed by atoms with van der Waals surface area (Å²) in [5, 5.41) is 3.78. The number of nitrogens with one attached hydrogen (secondary N) is 1. The van der Waals surface area contributed by atoms with Crippen molar-refractivity contribution in [2.75, 3.05) is 19.8 Å². The summed E-state index contributed by atoms with van der Waals surface area (Å²) < 4.78 is 5.27. The third kappa shape index (κ3) is 7.34. The summed E-state index contributed by atoms with van der Waals surface area (Å²) in [4.78, 5) is 11.5. The molecule has 0 bridgehead atoms. The van der Waals surface area contributed by atoms with Crippen LogP contribution in [0, 0.1) is 0 Å². The van der Waals surface area contributed by atoms with Gasteiger partial charge in [-0.2, -0.15) is 0 Å². The average molecular weight is 314 g/mol. The summed E-state index contributed by atoms with van der Waals surface area (Å²) in [5.74, 6) is -0.194. The first kappa shape index (κ1) is 16.8. The SMILES string of the molecule is C=C(C)COCCNC(=O)/C=C/c1cc(Cl)cc(Cl)c1. The normalized spacial score (nSPS) is 10.8. The lowest BCUT2D eigenvalue weighted by atomic mass is 10.2. The zero-order chi connectivity index (χ0) is 15.0. The van der Waals surface area contributed by atoms with E-state index in [-0.39, 0.29) is 5.91 Å². The quantitative estimate of drug-likeness (QED) is 0.473. The molecule has 0 unspecified atom stereocenters. The Morgan fingerprint density at radius 2 is 2.00 bits per heavy atom. The molecular weight excluding hydrogens is 297 g/mol. The highest BCUT2D eigenvalue weighted by Crippen LogP contribution is 2.19. The van der Waals surface area contributed by atoms with Crippen LogP contribution in [0.15, 0.2) is 36.4 Å². The second-order valence-electron chi connectivity index (χ2n) is 4.34. The first-order chi connectivity index (χ1) is 9.47. The van der Waals surface area contributed by atoms with Gasteiger partial charge in [0.05, 0.1) is 13.2 Å². The van der Waals surface area contributed by atoms with Crippen LogP contribution < -0.4 is 5.32 Å². The largest absolute Gasteiger partial charge is 0.375 e. The van der Waals surface area contributed by atoms with Gasteiger partial charge in [0.25, 0.3) is 0 Å². The molecule has 1 aromatic carbocycles. The molecule has 0 heterocycles. The minimum Gasteiger partial charge on any atom is -0.375 e. The standard InChI is InChI=1S/C15H17Cl2NO2/c1-11(2)10-20-6-5-18-15(19)4-3-12-7-13(16)9-14(17)8-12/h3-4,7-9H,1,5-6,10H2,2H3,(H,18,19)/b4-3+. The van der Waals surface area contributed by atoms with Crippen molar-refractivity contribution in [1.82, 2.24) is 5.32 Å². The van der Waals surface area contributed by atoms with Crippen LogP contribution in [-0.2, 0) is 9.53 Å². The Hall–Kier alpha value is -1.29. The van der Waals surface area contributed by atoms with E-state index in [1.807, 2.05) is 6.92 Å². The third-order valence-corrected chi connectivity index (χ3v) is 2.64. The molecular formula is C15H17Cl2NO2. The van der Waals surface area contributed by atoms with Gasteiger partial charge in [0.1, 0.15) is 0 Å². The molecule has 108 valence electrons. The van der Waals surface area contributed by atoms with Gasteiger partial charge in [0.15, 0.2) is 0 Å². The fraction of sp³-hybridized carbons (Fsp3) is 0.267. The molecule has 1 aromatic rings. The van der Waals surface area contributed by atoms with E-state index in [2.05, 4.69) is 11.9 Å². The van der Waals surface area contributed by atoms with Gasteiger partial charge in [-0.25, -0.2) is 0 Å². The van der Waals surface area contributed by atoms with E-state index in [0.29, 0.717) is 29.8 Å². The molecule has 0 aromatic heterocycles. The number of benzene rings is 1. The van der Waals surface area contributed by atoms with E-state index in [4.69, 9.17) is 27.9 Å². The summed E-state index contributed by atoms with van der Waals surface area (Å²) >= 11 is 11.7. The Morgan fingerprint density at radius 1 is 1.35 bits per heavy atom. The summed E-state index contributed by atoms with van der Waals surface area (Å²) in [5.41, 5.74) is 1.73. The highest BCUT2D eigenvalue weighted by atomic mass is 35.5. The Morgan fingerprint density at radius 3 is 2.60 bits per heavy atom. The Kier molecular flexibility index (Phi) is 7.37. The van der Waals surface area contributed by atoms with Crippen molar-refractivity contribution in [3.05, 3.63) is 52.0 Å². The van der Waals surface area contributed by atoms with Crippen LogP contribution in [0.4, 0.5) is 0 Å². The van der Waals surface area contributed by atoms with Crippen LogP contribution >= 0.6 is 23.2 Å². The second kappa shape index (κ2) is 8.80. The van der Waals surface area contributed by atoms with Crippen LogP contribution in [0.3, 0.4) is 0 Å². The van der Waals surface area contributed by atoms with Gasteiger partial charge < -0.3 is 10.1 Å². The highest BCUT2D eigenvalue weighted by Gasteiger charge is 1.98. The maximum absolute atomic E-state index is 11.5. The predicted molar refractivity (Wildman–Crippen MR) is 84.1 cm³/mol. The van der Waals surface area contributed by atoms with Crippen molar-refractivity contribution >= 4 is 35.2 Å². The van der Waals surface area contributed by atoms with Crippen molar-refractivity contribution in [2.45, 2.75) is 6.92 Å². The van der Waals surface area contributed by atoms with Crippen molar-refractivity contribution in [1.29, 1.82) is 0 Å². The molecule has 0 aliphatic carbocycles. The monoisotopic (exact) mass is 313 g/mol. The zero-order valence-corrected chi connectivity index (χ0v) is 12.8. The van der Waals surface area contributed by atoms with Crippen molar-refractivity contribution in [3.8, 4) is 0 Å². The minimum atomic E-state index is -0.194. The lowest BCUT2D eigenvalue weighted by molar-refractivity contribution is -0.116. The molecule has 0 saturated heterocycles. The van der Waals surface area contributed by atoms with Gasteiger partial charge in [-0.3, -0.25) is 4.79 Å². The molecule has 5 heteroatoms. The lowest BCUT2D eigenvalue weighted by Crippen LogP contribution is -2.25. The topological polar surface area (TPSA) is 38.3 Å². The fourth-order valence-corrected chi connectivity index (χ4v) is 1.94. The molecule has 1 rings (SSSR count). The van der Waals surface area contributed by atoms with E-state index in [1.165, 1.54) is 6.08 Å². The summed E-state index contributed by atoms with van der Waals surface area (Å²) in [6, 6.07) is 5.10. The summed E-state index contributed by atoms with van der Waals surface area (Å²) in [6.07, 6.45) is 3.09. The van der Waals surface area contributed by atoms with Crippen molar-refractivity contribution in [3.63, 3.8) is 0 Å². The maximum atomic E-state index is 11.5. The molecule has 0 spiro atoms. The van der Waals surface area contributed by atoms with Crippen LogP contribution in [0.2, 0.25) is 10.0 Å². The molecule has 20 heavy (non-hydrogen) atoms. The van der Waals surface area contributed by atoms with Gasteiger partial charge in [-0.05, 0) is 36.8 Å². The fourth-order valence-electron chi connectivity index (χ4n) is 1.40. The molecule has 0 aliphatic heterocycles. The second-order valence-corrected chi connectivity index (χ2v) is 5.21. The molecule has 0 fully saturated rings. The number of halogens is 2. The molecule has 0 aliphatic rings. The van der Waals surface area contributed by atoms with Gasteiger partial charge in [-0.1, -0.05) is 35.4 Å². The Bertz CT molecular complexity index is 492. The van der Waals surface area contributed by atoms with Gasteiger partial charge in [0.2, 0.25) is 5.91 Å². The smallest absolute Gasteiger partial charge is 0.244 e. The van der Waals surface area contributed by atoms with Crippen LogP contribution in [-0.4, -0.2) is 25.7 Å². The number of carbonyl (C=O) groups excluding carboxylic acids is 1. The predicted octanol–water partition coefficient (Wildman–Crippen LogP) is 3.72. The zero-order valence-electron chi connectivity index (χ0n) is 11.3. The lowest BCUT2D eigenvalue weighted by Gasteiger charge is -2.04. The molecule has 0 saturated carbocycles. The van der Waals surface area contributed by atoms with Crippen LogP contribution in [0.5, 0.6) is 0 Å². The van der Waals surface area contributed by atoms with Gasteiger partial charge in [0, 0.05) is 22.7 Å². The van der Waals surface area contributed by atoms with E-state index in [1.54, 1.807) is 24.3 Å². The number of ether oxygens (including phenoxy) is 1. The first-order valence-corrected chi connectivity index (χ1v) is 6.87. The van der Waals surface area contributed by atoms with Crippen molar-refractivity contribution in [2.24, 2.45) is 0 Å². The van der Waals surface area contributed by atoms with Crippen molar-refractivity contribution < 1.29 is 9.53 Å². The first-order valence-electron chi connectivity index (χ1n) is 6.11. The molecule has 3 nitrogen and oxygen atoms in total. The molecule has 1 amide bonds. The van der Waals surface area contributed by atoms with Gasteiger partial charge in [-0.15, -0.1) is 0 Å². The number of amides is 1. The third-order valence-electron chi connectivity index (χ3n) is 2.21. The number of rotatable bonds is 7. The summed E-state index contributed by atoms with van der Waals surface area (Å²) in [7, 11) is 0. The minimum absolute atomic E-state index is 0.194. The molecule has 0 atom stereocenters. The van der Waals surface area contributed by atoms with Gasteiger partial charge >= 0.3 is 0 Å². The summed E-state index contributed by atoms with van der Waals surface area (Å²) in [6.45, 7) is 7.02. The highest BCUT2D eigenvalue weighted by molar-refractivity contribution is 6.34. The molecule has 0 radical (unpaired) electrons. The van der Waals surface area contributed by atoms with Crippen LogP contribution in [0.1, 0.15) is 12.5 Å². The Labute approximate surface area is 129 Å².